The number of hydrogen-bond acceptors (Lipinski definition) is 6. The van der Waals surface area contributed by atoms with Crippen LogP contribution in [0.15, 0.2) is 0 Å². The van der Waals surface area contributed by atoms with E-state index in [1.54, 1.807) is 0 Å². The van der Waals surface area contributed by atoms with E-state index in [1.165, 1.54) is 199 Å². The standard InChI is InChI=1S/C58H112O6/c1-7-52(4)44-38-32-26-22-18-14-10-12-16-20-24-28-35-41-47-56(59)62-50-55(51-63-57(60)48-42-36-31-30-34-40-46-54(6)9-3)64-58(61)49-43-37-29-25-21-17-13-11-15-19-23-27-33-39-45-53(5)8-2/h52-55H,7-51H2,1-6H3/t52?,53?,54?,55-/m1/s1. The molecule has 0 aromatic rings. The van der Waals surface area contributed by atoms with Gasteiger partial charge >= 0.3 is 17.9 Å². The van der Waals surface area contributed by atoms with Crippen molar-refractivity contribution in [3.05, 3.63) is 0 Å². The average Bonchev–Trinajstić information content (AvgIpc) is 3.29. The van der Waals surface area contributed by atoms with E-state index < -0.39 is 6.10 Å². The van der Waals surface area contributed by atoms with Gasteiger partial charge in [-0.1, -0.05) is 279 Å². The lowest BCUT2D eigenvalue weighted by Gasteiger charge is -2.18. The molecule has 6 nitrogen and oxygen atoms in total. The molecule has 0 radical (unpaired) electrons. The SMILES string of the molecule is CCC(C)CCCCCCCCCCCCCCCCC(=O)OC[C@H](COC(=O)CCCCCCCCC(C)CC)OC(=O)CCCCCCCCCCCCCCCCC(C)CC. The monoisotopic (exact) mass is 905 g/mol. The van der Waals surface area contributed by atoms with E-state index in [1.807, 2.05) is 0 Å². The maximum absolute atomic E-state index is 12.8. The van der Waals surface area contributed by atoms with E-state index in [0.717, 1.165) is 75.5 Å². The molecule has 0 aromatic heterocycles. The number of unbranched alkanes of at least 4 members (excludes halogenated alkanes) is 31. The van der Waals surface area contributed by atoms with Crippen LogP contribution in [0.4, 0.5) is 0 Å². The molecule has 0 fully saturated rings. The van der Waals surface area contributed by atoms with Gasteiger partial charge in [-0.3, -0.25) is 14.4 Å². The Kier molecular flexibility index (Phi) is 48.1. The first-order valence-electron chi connectivity index (χ1n) is 28.7. The van der Waals surface area contributed by atoms with Crippen LogP contribution in [0.5, 0.6) is 0 Å². The van der Waals surface area contributed by atoms with Crippen LogP contribution in [0.25, 0.3) is 0 Å². The Balaban J connectivity index is 4.26. The van der Waals surface area contributed by atoms with Gasteiger partial charge in [0.15, 0.2) is 6.10 Å². The molecule has 0 aromatic carbocycles. The zero-order valence-corrected chi connectivity index (χ0v) is 44.1. The van der Waals surface area contributed by atoms with Gasteiger partial charge < -0.3 is 14.2 Å². The zero-order chi connectivity index (χ0) is 47.0. The molecule has 0 aliphatic heterocycles. The molecule has 380 valence electrons. The van der Waals surface area contributed by atoms with Crippen molar-refractivity contribution >= 4 is 17.9 Å². The summed E-state index contributed by atoms with van der Waals surface area (Å²) >= 11 is 0. The molecule has 0 spiro atoms. The van der Waals surface area contributed by atoms with Gasteiger partial charge in [0.2, 0.25) is 0 Å². The Bertz CT molecular complexity index is 997. The predicted octanol–water partition coefficient (Wildman–Crippen LogP) is 18.7. The molecule has 0 aliphatic rings. The van der Waals surface area contributed by atoms with Gasteiger partial charge in [0.25, 0.3) is 0 Å². The van der Waals surface area contributed by atoms with Crippen molar-refractivity contribution < 1.29 is 28.6 Å². The fraction of sp³-hybridized carbons (Fsp3) is 0.948. The predicted molar refractivity (Wildman–Crippen MR) is 275 cm³/mol. The number of esters is 3. The van der Waals surface area contributed by atoms with E-state index in [0.29, 0.717) is 19.3 Å². The summed E-state index contributed by atoms with van der Waals surface area (Å²) in [6, 6.07) is 0. The van der Waals surface area contributed by atoms with Crippen LogP contribution in [0.2, 0.25) is 0 Å². The normalized spacial score (nSPS) is 13.4. The topological polar surface area (TPSA) is 78.9 Å². The minimum absolute atomic E-state index is 0.0644. The molecular weight excluding hydrogens is 793 g/mol. The minimum Gasteiger partial charge on any atom is -0.462 e. The number of carbonyl (C=O) groups is 3. The summed E-state index contributed by atoms with van der Waals surface area (Å²) in [5.41, 5.74) is 0. The van der Waals surface area contributed by atoms with Crippen LogP contribution in [-0.2, 0) is 28.6 Å². The second-order valence-corrected chi connectivity index (χ2v) is 20.7. The molecule has 0 bridgehead atoms. The number of carbonyl (C=O) groups excluding carboxylic acids is 3. The quantitative estimate of drug-likeness (QED) is 0.0344. The van der Waals surface area contributed by atoms with Gasteiger partial charge in [0, 0.05) is 19.3 Å². The Morgan fingerprint density at radius 1 is 0.297 bits per heavy atom. The zero-order valence-electron chi connectivity index (χ0n) is 44.1. The van der Waals surface area contributed by atoms with Crippen molar-refractivity contribution in [1.29, 1.82) is 0 Å². The third-order valence-electron chi connectivity index (χ3n) is 14.2. The highest BCUT2D eigenvalue weighted by Crippen LogP contribution is 2.19. The van der Waals surface area contributed by atoms with Crippen LogP contribution in [-0.4, -0.2) is 37.2 Å². The second-order valence-electron chi connectivity index (χ2n) is 20.7. The van der Waals surface area contributed by atoms with Gasteiger partial charge in [0.05, 0.1) is 0 Å². The van der Waals surface area contributed by atoms with Gasteiger partial charge in [-0.15, -0.1) is 0 Å². The van der Waals surface area contributed by atoms with E-state index >= 15 is 0 Å². The summed E-state index contributed by atoms with van der Waals surface area (Å²) in [5, 5.41) is 0. The number of rotatable bonds is 51. The summed E-state index contributed by atoms with van der Waals surface area (Å²) in [5.74, 6) is 1.76. The van der Waals surface area contributed by atoms with Gasteiger partial charge in [0.1, 0.15) is 13.2 Å². The lowest BCUT2D eigenvalue weighted by atomic mass is 9.99. The van der Waals surface area contributed by atoms with E-state index in [4.69, 9.17) is 14.2 Å². The molecule has 0 amide bonds. The molecule has 4 atom stereocenters. The number of hydrogen-bond donors (Lipinski definition) is 0. The smallest absolute Gasteiger partial charge is 0.306 e. The van der Waals surface area contributed by atoms with Crippen molar-refractivity contribution in [2.24, 2.45) is 17.8 Å². The maximum atomic E-state index is 12.8. The molecule has 0 heterocycles. The first kappa shape index (κ1) is 62.4. The van der Waals surface area contributed by atoms with Crippen molar-refractivity contribution in [1.82, 2.24) is 0 Å². The lowest BCUT2D eigenvalue weighted by molar-refractivity contribution is -0.167. The fourth-order valence-electron chi connectivity index (χ4n) is 8.73. The van der Waals surface area contributed by atoms with Gasteiger partial charge in [-0.25, -0.2) is 0 Å². The maximum Gasteiger partial charge on any atom is 0.306 e. The summed E-state index contributed by atoms with van der Waals surface area (Å²) in [4.78, 5) is 38.1. The third-order valence-corrected chi connectivity index (χ3v) is 14.2. The first-order chi connectivity index (χ1) is 31.2. The van der Waals surface area contributed by atoms with Crippen molar-refractivity contribution in [2.75, 3.05) is 13.2 Å². The molecule has 0 saturated carbocycles. The fourth-order valence-corrected chi connectivity index (χ4v) is 8.73. The van der Waals surface area contributed by atoms with Crippen molar-refractivity contribution in [3.63, 3.8) is 0 Å². The third kappa shape index (κ3) is 46.9. The van der Waals surface area contributed by atoms with Crippen LogP contribution >= 0.6 is 0 Å². The Morgan fingerprint density at radius 3 is 0.734 bits per heavy atom. The minimum atomic E-state index is -0.764. The second kappa shape index (κ2) is 49.3. The molecule has 3 unspecified atom stereocenters. The Hall–Kier alpha value is -1.59. The molecule has 6 heteroatoms. The van der Waals surface area contributed by atoms with E-state index in [-0.39, 0.29) is 31.1 Å². The van der Waals surface area contributed by atoms with E-state index in [9.17, 15) is 14.4 Å². The van der Waals surface area contributed by atoms with Gasteiger partial charge in [-0.2, -0.15) is 0 Å². The largest absolute Gasteiger partial charge is 0.462 e. The summed E-state index contributed by atoms with van der Waals surface area (Å²) < 4.78 is 16.9. The molecular formula is C58H112O6. The molecule has 0 saturated heterocycles. The summed E-state index contributed by atoms with van der Waals surface area (Å²) in [6.07, 6.45) is 50.8. The van der Waals surface area contributed by atoms with Crippen LogP contribution in [0, 0.1) is 17.8 Å². The first-order valence-corrected chi connectivity index (χ1v) is 28.7. The molecule has 0 aliphatic carbocycles. The van der Waals surface area contributed by atoms with Crippen molar-refractivity contribution in [2.45, 2.75) is 324 Å². The summed E-state index contributed by atoms with van der Waals surface area (Å²) in [7, 11) is 0. The highest BCUT2D eigenvalue weighted by molar-refractivity contribution is 5.71. The van der Waals surface area contributed by atoms with Crippen LogP contribution in [0.3, 0.4) is 0 Å². The molecule has 64 heavy (non-hydrogen) atoms. The Labute approximate surface area is 399 Å². The van der Waals surface area contributed by atoms with Crippen LogP contribution < -0.4 is 0 Å². The highest BCUT2D eigenvalue weighted by Gasteiger charge is 2.19. The van der Waals surface area contributed by atoms with Crippen molar-refractivity contribution in [3.8, 4) is 0 Å². The lowest BCUT2D eigenvalue weighted by Crippen LogP contribution is -2.30. The summed E-state index contributed by atoms with van der Waals surface area (Å²) in [6.45, 7) is 13.8. The molecule has 0 rings (SSSR count). The molecule has 0 N–H and O–H groups in total. The van der Waals surface area contributed by atoms with E-state index in [2.05, 4.69) is 41.5 Å². The van der Waals surface area contributed by atoms with Gasteiger partial charge in [-0.05, 0) is 37.0 Å². The number of ether oxygens (including phenoxy) is 3. The average molecular weight is 906 g/mol. The van der Waals surface area contributed by atoms with Crippen LogP contribution in [0.1, 0.15) is 318 Å². The Morgan fingerprint density at radius 2 is 0.500 bits per heavy atom. The highest BCUT2D eigenvalue weighted by atomic mass is 16.6.